The third kappa shape index (κ3) is 1.71. The highest BCUT2D eigenvalue weighted by Gasteiger charge is 2.03. The second kappa shape index (κ2) is 3.59. The largest absolute Gasteiger partial charge is 0.325 e. The summed E-state index contributed by atoms with van der Waals surface area (Å²) in [6.07, 6.45) is 4.99. The Morgan fingerprint density at radius 1 is 1.38 bits per heavy atom. The van der Waals surface area contributed by atoms with E-state index in [4.69, 9.17) is 5.73 Å². The van der Waals surface area contributed by atoms with Crippen molar-refractivity contribution in [1.29, 1.82) is 0 Å². The molecule has 4 nitrogen and oxygen atoms in total. The molecule has 0 fully saturated rings. The molecule has 2 aromatic heterocycles. The van der Waals surface area contributed by atoms with E-state index in [1.165, 1.54) is 11.3 Å². The van der Waals surface area contributed by atoms with Crippen molar-refractivity contribution in [1.82, 2.24) is 15.0 Å². The minimum absolute atomic E-state index is 0.469. The van der Waals surface area contributed by atoms with Crippen LogP contribution in [0, 0.1) is 0 Å². The lowest BCUT2D eigenvalue weighted by Crippen LogP contribution is -1.95. The molecular formula is C8H8N4S. The van der Waals surface area contributed by atoms with Gasteiger partial charge in [0.15, 0.2) is 0 Å². The van der Waals surface area contributed by atoms with Gasteiger partial charge in [-0.3, -0.25) is 9.97 Å². The van der Waals surface area contributed by atoms with Crippen LogP contribution in [0.15, 0.2) is 24.0 Å². The van der Waals surface area contributed by atoms with Crippen molar-refractivity contribution in [2.24, 2.45) is 5.73 Å². The van der Waals surface area contributed by atoms with Crippen molar-refractivity contribution >= 4 is 11.3 Å². The van der Waals surface area contributed by atoms with Gasteiger partial charge in [0.2, 0.25) is 0 Å². The van der Waals surface area contributed by atoms with E-state index in [-0.39, 0.29) is 0 Å². The minimum atomic E-state index is 0.469. The van der Waals surface area contributed by atoms with E-state index in [1.807, 2.05) is 5.38 Å². The quantitative estimate of drug-likeness (QED) is 0.772. The lowest BCUT2D eigenvalue weighted by atomic mass is 10.4. The Morgan fingerprint density at radius 2 is 2.31 bits per heavy atom. The van der Waals surface area contributed by atoms with Crippen molar-refractivity contribution in [2.75, 3.05) is 0 Å². The number of nitrogens with two attached hydrogens (primary N) is 1. The fourth-order valence-electron chi connectivity index (χ4n) is 0.928. The normalized spacial score (nSPS) is 10.2. The predicted molar refractivity (Wildman–Crippen MR) is 51.0 cm³/mol. The summed E-state index contributed by atoms with van der Waals surface area (Å²) in [7, 11) is 0. The van der Waals surface area contributed by atoms with Gasteiger partial charge in [-0.2, -0.15) is 0 Å². The fraction of sp³-hybridized carbons (Fsp3) is 0.125. The standard InChI is InChI=1S/C8H8N4S/c9-3-6-5-13-8(12-6)7-4-10-1-2-11-7/h1-2,4-5H,3,9H2. The van der Waals surface area contributed by atoms with Crippen molar-refractivity contribution in [3.8, 4) is 10.7 Å². The van der Waals surface area contributed by atoms with Gasteiger partial charge in [-0.1, -0.05) is 0 Å². The number of hydrogen-bond acceptors (Lipinski definition) is 5. The highest BCUT2D eigenvalue weighted by molar-refractivity contribution is 7.13. The van der Waals surface area contributed by atoms with Gasteiger partial charge < -0.3 is 5.73 Å². The van der Waals surface area contributed by atoms with E-state index in [9.17, 15) is 0 Å². The van der Waals surface area contributed by atoms with Crippen molar-refractivity contribution < 1.29 is 0 Å². The average molecular weight is 192 g/mol. The number of nitrogens with zero attached hydrogens (tertiary/aromatic N) is 3. The number of hydrogen-bond donors (Lipinski definition) is 1. The molecule has 5 heteroatoms. The molecule has 0 aliphatic rings. The van der Waals surface area contributed by atoms with Crippen LogP contribution in [-0.2, 0) is 6.54 Å². The van der Waals surface area contributed by atoms with Crippen LogP contribution in [-0.4, -0.2) is 15.0 Å². The first-order valence-electron chi connectivity index (χ1n) is 3.81. The third-order valence-corrected chi connectivity index (χ3v) is 2.46. The summed E-state index contributed by atoms with van der Waals surface area (Å²) in [6, 6.07) is 0. The summed E-state index contributed by atoms with van der Waals surface area (Å²) in [6.45, 7) is 0.469. The third-order valence-electron chi connectivity index (χ3n) is 1.54. The predicted octanol–water partition coefficient (Wildman–Crippen LogP) is 1.06. The van der Waals surface area contributed by atoms with Crippen LogP contribution in [0.3, 0.4) is 0 Å². The lowest BCUT2D eigenvalue weighted by Gasteiger charge is -1.91. The van der Waals surface area contributed by atoms with Gasteiger partial charge in [0.05, 0.1) is 11.9 Å². The molecule has 0 bridgehead atoms. The van der Waals surface area contributed by atoms with Gasteiger partial charge in [0, 0.05) is 24.3 Å². The van der Waals surface area contributed by atoms with E-state index < -0.39 is 0 Å². The molecule has 0 amide bonds. The molecule has 2 heterocycles. The maximum atomic E-state index is 5.45. The zero-order chi connectivity index (χ0) is 9.10. The molecule has 0 radical (unpaired) electrons. The smallest absolute Gasteiger partial charge is 0.143 e. The first kappa shape index (κ1) is 8.28. The SMILES string of the molecule is NCc1csc(-c2cnccn2)n1. The van der Waals surface area contributed by atoms with Gasteiger partial charge in [-0.25, -0.2) is 4.98 Å². The molecular weight excluding hydrogens is 184 g/mol. The Bertz CT molecular complexity index is 384. The number of rotatable bonds is 2. The topological polar surface area (TPSA) is 64.7 Å². The lowest BCUT2D eigenvalue weighted by molar-refractivity contribution is 1.01. The Balaban J connectivity index is 2.36. The molecule has 0 unspecified atom stereocenters. The van der Waals surface area contributed by atoms with E-state index in [1.54, 1.807) is 18.6 Å². The monoisotopic (exact) mass is 192 g/mol. The minimum Gasteiger partial charge on any atom is -0.325 e. The zero-order valence-electron chi connectivity index (χ0n) is 6.84. The van der Waals surface area contributed by atoms with Gasteiger partial charge >= 0.3 is 0 Å². The Hall–Kier alpha value is -1.33. The molecule has 2 N–H and O–H groups in total. The Kier molecular flexibility index (Phi) is 2.29. The highest BCUT2D eigenvalue weighted by atomic mass is 32.1. The van der Waals surface area contributed by atoms with Gasteiger partial charge in [0.1, 0.15) is 10.7 Å². The van der Waals surface area contributed by atoms with Crippen LogP contribution in [0.5, 0.6) is 0 Å². The second-order valence-corrected chi connectivity index (χ2v) is 3.30. The van der Waals surface area contributed by atoms with Crippen LogP contribution in [0.1, 0.15) is 5.69 Å². The highest BCUT2D eigenvalue weighted by Crippen LogP contribution is 2.19. The summed E-state index contributed by atoms with van der Waals surface area (Å²) >= 11 is 1.53. The maximum Gasteiger partial charge on any atom is 0.143 e. The molecule has 13 heavy (non-hydrogen) atoms. The van der Waals surface area contributed by atoms with Crippen molar-refractivity contribution in [2.45, 2.75) is 6.54 Å². The molecule has 0 aliphatic carbocycles. The summed E-state index contributed by atoms with van der Waals surface area (Å²) in [4.78, 5) is 12.4. The molecule has 0 spiro atoms. The van der Waals surface area contributed by atoms with Crippen LogP contribution >= 0.6 is 11.3 Å². The second-order valence-electron chi connectivity index (χ2n) is 2.44. The first-order valence-corrected chi connectivity index (χ1v) is 4.69. The maximum absolute atomic E-state index is 5.45. The average Bonchev–Trinajstić information content (AvgIpc) is 2.67. The summed E-state index contributed by atoms with van der Waals surface area (Å²) in [5.41, 5.74) is 7.14. The van der Waals surface area contributed by atoms with Crippen molar-refractivity contribution in [3.63, 3.8) is 0 Å². The van der Waals surface area contributed by atoms with Crippen molar-refractivity contribution in [3.05, 3.63) is 29.7 Å². The summed E-state index contributed by atoms with van der Waals surface area (Å²) < 4.78 is 0. The van der Waals surface area contributed by atoms with Gasteiger partial charge in [-0.15, -0.1) is 11.3 Å². The molecule has 2 rings (SSSR count). The molecule has 0 aliphatic heterocycles. The zero-order valence-corrected chi connectivity index (χ0v) is 7.66. The van der Waals surface area contributed by atoms with E-state index in [0.29, 0.717) is 6.54 Å². The van der Waals surface area contributed by atoms with Crippen LogP contribution < -0.4 is 5.73 Å². The first-order chi connectivity index (χ1) is 6.40. The number of aromatic nitrogens is 3. The molecule has 66 valence electrons. The van der Waals surface area contributed by atoms with E-state index in [0.717, 1.165) is 16.4 Å². The Labute approximate surface area is 79.5 Å². The van der Waals surface area contributed by atoms with Crippen LogP contribution in [0.2, 0.25) is 0 Å². The van der Waals surface area contributed by atoms with E-state index >= 15 is 0 Å². The molecule has 0 aromatic carbocycles. The van der Waals surface area contributed by atoms with Crippen LogP contribution in [0.25, 0.3) is 10.7 Å². The van der Waals surface area contributed by atoms with E-state index in [2.05, 4.69) is 15.0 Å². The fourth-order valence-corrected chi connectivity index (χ4v) is 1.72. The molecule has 0 saturated carbocycles. The molecule has 2 aromatic rings. The summed E-state index contributed by atoms with van der Waals surface area (Å²) in [5, 5.41) is 2.80. The Morgan fingerprint density at radius 3 is 2.92 bits per heavy atom. The number of thiazole rings is 1. The molecule has 0 saturated heterocycles. The molecule has 0 atom stereocenters. The van der Waals surface area contributed by atoms with Gasteiger partial charge in [0.25, 0.3) is 0 Å². The van der Waals surface area contributed by atoms with Crippen LogP contribution in [0.4, 0.5) is 0 Å². The summed E-state index contributed by atoms with van der Waals surface area (Å²) in [5.74, 6) is 0. The van der Waals surface area contributed by atoms with Gasteiger partial charge in [-0.05, 0) is 0 Å².